The van der Waals surface area contributed by atoms with Gasteiger partial charge in [-0.25, -0.2) is 4.79 Å². The molecule has 188 valence electrons. The summed E-state index contributed by atoms with van der Waals surface area (Å²) in [6, 6.07) is 9.29. The summed E-state index contributed by atoms with van der Waals surface area (Å²) in [6.07, 6.45) is 1.66. The summed E-state index contributed by atoms with van der Waals surface area (Å²) >= 11 is 0. The second-order valence-electron chi connectivity index (χ2n) is 9.28. The Bertz CT molecular complexity index is 1410. The Morgan fingerprint density at radius 2 is 1.69 bits per heavy atom. The maximum absolute atomic E-state index is 13.3. The molecule has 0 aliphatic carbocycles. The molecule has 1 aliphatic heterocycles. The lowest BCUT2D eigenvalue weighted by Crippen LogP contribution is -2.22. The fourth-order valence-corrected chi connectivity index (χ4v) is 4.55. The molecule has 2 aromatic carbocycles. The zero-order valence-corrected chi connectivity index (χ0v) is 20.8. The largest absolute Gasteiger partial charge is 0.507 e. The Kier molecular flexibility index (Phi) is 6.93. The Hall–Kier alpha value is -4.00. The van der Waals surface area contributed by atoms with Gasteiger partial charge in [0.25, 0.3) is 0 Å². The maximum Gasteiger partial charge on any atom is 0.343 e. The summed E-state index contributed by atoms with van der Waals surface area (Å²) in [5, 5.41) is 33.2. The van der Waals surface area contributed by atoms with Gasteiger partial charge in [-0.3, -0.25) is 4.79 Å². The molecule has 3 N–H and O–H groups in total. The Balaban J connectivity index is 1.90. The average molecular weight is 491 g/mol. The molecule has 0 amide bonds. The number of allylic oxidation sites excluding steroid dienone is 2. The number of hydrogen-bond donors (Lipinski definition) is 3. The van der Waals surface area contributed by atoms with E-state index in [1.54, 1.807) is 13.8 Å². The second kappa shape index (κ2) is 9.93. The van der Waals surface area contributed by atoms with Crippen molar-refractivity contribution in [1.29, 1.82) is 0 Å². The van der Waals surface area contributed by atoms with Crippen LogP contribution in [-0.4, -0.2) is 21.1 Å². The Morgan fingerprint density at radius 3 is 2.33 bits per heavy atom. The molecular weight excluding hydrogens is 460 g/mol. The van der Waals surface area contributed by atoms with Crippen LogP contribution in [0.1, 0.15) is 77.2 Å². The number of phenols is 2. The van der Waals surface area contributed by atoms with Crippen molar-refractivity contribution in [3.05, 3.63) is 91.5 Å². The number of benzene rings is 2. The van der Waals surface area contributed by atoms with Gasteiger partial charge in [-0.15, -0.1) is 0 Å². The van der Waals surface area contributed by atoms with E-state index in [-0.39, 0.29) is 59.0 Å². The van der Waals surface area contributed by atoms with Crippen molar-refractivity contribution in [1.82, 2.24) is 0 Å². The molecule has 0 spiro atoms. The number of ether oxygens (including phenoxy) is 1. The van der Waals surface area contributed by atoms with Gasteiger partial charge in [-0.05, 0) is 32.8 Å². The second-order valence-corrected chi connectivity index (χ2v) is 9.28. The highest BCUT2D eigenvalue weighted by atomic mass is 16.5. The lowest BCUT2D eigenvalue weighted by Gasteiger charge is -2.29. The molecule has 0 bridgehead atoms. The number of aromatic hydroxyl groups is 3. The summed E-state index contributed by atoms with van der Waals surface area (Å²) in [5.74, 6) is -0.851. The van der Waals surface area contributed by atoms with Crippen LogP contribution in [0.3, 0.4) is 0 Å². The molecule has 0 radical (unpaired) electrons. The van der Waals surface area contributed by atoms with Crippen molar-refractivity contribution >= 4 is 5.78 Å². The molecule has 0 fully saturated rings. The maximum atomic E-state index is 13.3. The van der Waals surface area contributed by atoms with Gasteiger partial charge < -0.3 is 24.5 Å². The number of carbonyl (C=O) groups excluding carboxylic acids is 1. The van der Waals surface area contributed by atoms with Crippen molar-refractivity contribution in [3.8, 4) is 23.0 Å². The molecule has 0 saturated carbocycles. The van der Waals surface area contributed by atoms with Gasteiger partial charge >= 0.3 is 5.63 Å². The van der Waals surface area contributed by atoms with E-state index in [2.05, 4.69) is 0 Å². The van der Waals surface area contributed by atoms with E-state index in [0.717, 1.165) is 11.1 Å². The fraction of sp³-hybridized carbons (Fsp3) is 0.310. The summed E-state index contributed by atoms with van der Waals surface area (Å²) in [6.45, 7) is 7.25. The molecule has 1 aliphatic rings. The SMILES string of the molecule is CCc1oc(=O)c(Cc2c(O)c(CC=C(C)C)c3c(c2O)C(=O)C[C@H](c2ccccc2)O3)c(O)c1C. The summed E-state index contributed by atoms with van der Waals surface area (Å²) in [5.41, 5.74) is 1.62. The van der Waals surface area contributed by atoms with Crippen LogP contribution in [-0.2, 0) is 19.3 Å². The molecule has 4 rings (SSSR count). The van der Waals surface area contributed by atoms with E-state index in [4.69, 9.17) is 9.15 Å². The van der Waals surface area contributed by atoms with Gasteiger partial charge in [-0.2, -0.15) is 0 Å². The van der Waals surface area contributed by atoms with Gasteiger partial charge in [0.05, 0.1) is 12.0 Å². The van der Waals surface area contributed by atoms with Gasteiger partial charge in [0.15, 0.2) is 5.78 Å². The normalized spacial score (nSPS) is 14.8. The molecule has 7 nitrogen and oxygen atoms in total. The number of fused-ring (bicyclic) bond motifs is 1. The third-order valence-electron chi connectivity index (χ3n) is 6.59. The molecule has 0 saturated heterocycles. The minimum atomic E-state index is -0.760. The Morgan fingerprint density at radius 1 is 1.00 bits per heavy atom. The van der Waals surface area contributed by atoms with Crippen molar-refractivity contribution in [2.45, 2.75) is 59.5 Å². The first-order valence-electron chi connectivity index (χ1n) is 12.0. The summed E-state index contributed by atoms with van der Waals surface area (Å²) in [7, 11) is 0. The number of phenolic OH excluding ortho intramolecular Hbond substituents is 2. The zero-order valence-electron chi connectivity index (χ0n) is 20.8. The van der Waals surface area contributed by atoms with Gasteiger partial charge in [0, 0.05) is 29.5 Å². The van der Waals surface area contributed by atoms with Crippen LogP contribution in [0.25, 0.3) is 0 Å². The van der Waals surface area contributed by atoms with Crippen molar-refractivity contribution in [2.24, 2.45) is 0 Å². The zero-order chi connectivity index (χ0) is 26.1. The van der Waals surface area contributed by atoms with E-state index in [9.17, 15) is 24.9 Å². The molecule has 7 heteroatoms. The first kappa shape index (κ1) is 25.1. The van der Waals surface area contributed by atoms with E-state index in [1.807, 2.05) is 50.3 Å². The molecule has 1 aromatic heterocycles. The molecule has 2 heterocycles. The summed E-state index contributed by atoms with van der Waals surface area (Å²) < 4.78 is 11.6. The van der Waals surface area contributed by atoms with Crippen LogP contribution in [0.15, 0.2) is 51.2 Å². The van der Waals surface area contributed by atoms with E-state index in [1.165, 1.54) is 0 Å². The standard InChI is InChI=1S/C29H30O7/c1-5-22-16(4)25(31)20(29(34)36-22)13-19-26(32)18(12-11-15(2)3)28-24(27(19)33)21(30)14-23(35-28)17-9-7-6-8-10-17/h6-11,23,31-33H,5,12-14H2,1-4H3/t23-/m1/s1. The predicted octanol–water partition coefficient (Wildman–Crippen LogP) is 5.43. The predicted molar refractivity (Wildman–Crippen MR) is 135 cm³/mol. The minimum Gasteiger partial charge on any atom is -0.507 e. The highest BCUT2D eigenvalue weighted by Crippen LogP contribution is 2.49. The van der Waals surface area contributed by atoms with E-state index < -0.39 is 17.5 Å². The molecule has 1 atom stereocenters. The van der Waals surface area contributed by atoms with Crippen molar-refractivity contribution < 1.29 is 29.3 Å². The van der Waals surface area contributed by atoms with E-state index in [0.29, 0.717) is 23.3 Å². The van der Waals surface area contributed by atoms with Crippen LogP contribution in [0, 0.1) is 6.92 Å². The quantitative estimate of drug-likeness (QED) is 0.394. The third kappa shape index (κ3) is 4.49. The lowest BCUT2D eigenvalue weighted by molar-refractivity contribution is 0.0842. The topological polar surface area (TPSA) is 117 Å². The van der Waals surface area contributed by atoms with Gasteiger partial charge in [-0.1, -0.05) is 48.9 Å². The average Bonchev–Trinajstić information content (AvgIpc) is 2.85. The van der Waals surface area contributed by atoms with Gasteiger partial charge in [0.1, 0.15) is 40.4 Å². The highest BCUT2D eigenvalue weighted by Gasteiger charge is 2.36. The smallest absolute Gasteiger partial charge is 0.343 e. The number of rotatable bonds is 6. The number of aryl methyl sites for hydroxylation is 1. The molecular formula is C29H30O7. The third-order valence-corrected chi connectivity index (χ3v) is 6.59. The van der Waals surface area contributed by atoms with E-state index >= 15 is 0 Å². The van der Waals surface area contributed by atoms with Crippen LogP contribution in [0.2, 0.25) is 0 Å². The number of Topliss-reactive ketones (excluding diaryl/α,β-unsaturated/α-hetero) is 1. The summed E-state index contributed by atoms with van der Waals surface area (Å²) in [4.78, 5) is 26.0. The monoisotopic (exact) mass is 490 g/mol. The van der Waals surface area contributed by atoms with Crippen LogP contribution in [0.5, 0.6) is 23.0 Å². The van der Waals surface area contributed by atoms with Crippen LogP contribution < -0.4 is 10.4 Å². The lowest BCUT2D eigenvalue weighted by atomic mass is 9.88. The number of ketones is 1. The van der Waals surface area contributed by atoms with Crippen LogP contribution in [0.4, 0.5) is 0 Å². The van der Waals surface area contributed by atoms with Gasteiger partial charge in [0.2, 0.25) is 0 Å². The van der Waals surface area contributed by atoms with Crippen molar-refractivity contribution in [3.63, 3.8) is 0 Å². The Labute approximate surface area is 209 Å². The number of carbonyl (C=O) groups is 1. The highest BCUT2D eigenvalue weighted by molar-refractivity contribution is 6.04. The molecule has 0 unspecified atom stereocenters. The first-order chi connectivity index (χ1) is 17.1. The fourth-order valence-electron chi connectivity index (χ4n) is 4.55. The van der Waals surface area contributed by atoms with Crippen molar-refractivity contribution in [2.75, 3.05) is 0 Å². The minimum absolute atomic E-state index is 0.00850. The number of hydrogen-bond acceptors (Lipinski definition) is 7. The van der Waals surface area contributed by atoms with Crippen LogP contribution >= 0.6 is 0 Å². The molecule has 3 aromatic rings. The molecule has 36 heavy (non-hydrogen) atoms. The first-order valence-corrected chi connectivity index (χ1v) is 12.0.